The molecular weight excluding hydrogens is 309 g/mol. The normalized spacial score (nSPS) is 17.2. The minimum atomic E-state index is -0.523. The highest BCUT2D eigenvalue weighted by Crippen LogP contribution is 2.26. The molecule has 0 saturated carbocycles. The second kappa shape index (κ2) is 6.83. The molecule has 0 bridgehead atoms. The van der Waals surface area contributed by atoms with Crippen LogP contribution >= 0.6 is 0 Å². The van der Waals surface area contributed by atoms with E-state index in [1.54, 1.807) is 23.1 Å². The molecule has 1 fully saturated rings. The van der Waals surface area contributed by atoms with Gasteiger partial charge in [0.2, 0.25) is 5.91 Å². The van der Waals surface area contributed by atoms with E-state index in [1.165, 1.54) is 6.07 Å². The maximum absolute atomic E-state index is 13.5. The summed E-state index contributed by atoms with van der Waals surface area (Å²) < 4.78 is 18.7. The summed E-state index contributed by atoms with van der Waals surface area (Å²) >= 11 is 0. The lowest BCUT2D eigenvalue weighted by atomic mass is 10.1. The van der Waals surface area contributed by atoms with Crippen molar-refractivity contribution in [3.8, 4) is 0 Å². The zero-order valence-electron chi connectivity index (χ0n) is 13.4. The van der Waals surface area contributed by atoms with E-state index >= 15 is 0 Å². The van der Waals surface area contributed by atoms with E-state index in [-0.39, 0.29) is 25.5 Å². The van der Waals surface area contributed by atoms with Crippen molar-refractivity contribution in [1.82, 2.24) is 0 Å². The number of benzene rings is 2. The quantitative estimate of drug-likeness (QED) is 0.810. The average Bonchev–Trinajstić information content (AvgIpc) is 2.96. The van der Waals surface area contributed by atoms with Gasteiger partial charge < -0.3 is 9.64 Å². The molecule has 124 valence electrons. The van der Waals surface area contributed by atoms with Crippen LogP contribution in [0.15, 0.2) is 48.5 Å². The highest BCUT2D eigenvalue weighted by atomic mass is 19.1. The molecule has 4 nitrogen and oxygen atoms in total. The van der Waals surface area contributed by atoms with Gasteiger partial charge in [-0.25, -0.2) is 4.39 Å². The van der Waals surface area contributed by atoms with Crippen LogP contribution in [0.5, 0.6) is 0 Å². The summed E-state index contributed by atoms with van der Waals surface area (Å²) in [5.41, 5.74) is 2.20. The van der Waals surface area contributed by atoms with E-state index in [0.29, 0.717) is 5.56 Å². The fourth-order valence-electron chi connectivity index (χ4n) is 2.72. The van der Waals surface area contributed by atoms with Crippen molar-refractivity contribution in [2.24, 2.45) is 5.92 Å². The zero-order valence-corrected chi connectivity index (χ0v) is 13.4. The Morgan fingerprint density at radius 1 is 1.21 bits per heavy atom. The molecule has 2 aromatic rings. The molecule has 24 heavy (non-hydrogen) atoms. The monoisotopic (exact) mass is 327 g/mol. The van der Waals surface area contributed by atoms with Gasteiger partial charge in [-0.1, -0.05) is 35.9 Å². The summed E-state index contributed by atoms with van der Waals surface area (Å²) in [6, 6.07) is 13.7. The van der Waals surface area contributed by atoms with Crippen LogP contribution in [0.2, 0.25) is 0 Å². The van der Waals surface area contributed by atoms with E-state index in [2.05, 4.69) is 0 Å². The number of hydrogen-bond acceptors (Lipinski definition) is 3. The van der Waals surface area contributed by atoms with Gasteiger partial charge in [-0.05, 0) is 25.1 Å². The molecule has 0 radical (unpaired) electrons. The molecule has 0 unspecified atom stereocenters. The van der Waals surface area contributed by atoms with Gasteiger partial charge in [-0.2, -0.15) is 0 Å². The molecule has 1 saturated heterocycles. The van der Waals surface area contributed by atoms with Crippen molar-refractivity contribution in [2.75, 3.05) is 11.4 Å². The second-order valence-corrected chi connectivity index (χ2v) is 5.94. The van der Waals surface area contributed by atoms with Crippen LogP contribution in [-0.2, 0) is 20.9 Å². The van der Waals surface area contributed by atoms with Crippen molar-refractivity contribution < 1.29 is 18.7 Å². The molecule has 1 atom stereocenters. The van der Waals surface area contributed by atoms with E-state index in [4.69, 9.17) is 4.74 Å². The minimum Gasteiger partial charge on any atom is -0.460 e. The van der Waals surface area contributed by atoms with Crippen LogP contribution < -0.4 is 4.90 Å². The Hall–Kier alpha value is -2.69. The number of ether oxygens (including phenoxy) is 1. The molecule has 1 heterocycles. The van der Waals surface area contributed by atoms with Gasteiger partial charge in [0.05, 0.1) is 5.92 Å². The molecule has 0 aliphatic carbocycles. The molecule has 3 rings (SSSR count). The maximum atomic E-state index is 13.5. The zero-order chi connectivity index (χ0) is 17.1. The summed E-state index contributed by atoms with van der Waals surface area (Å²) in [6.07, 6.45) is 0.115. The number of amides is 1. The van der Waals surface area contributed by atoms with Gasteiger partial charge in [-0.3, -0.25) is 9.59 Å². The average molecular weight is 327 g/mol. The van der Waals surface area contributed by atoms with Crippen LogP contribution in [-0.4, -0.2) is 18.4 Å². The lowest BCUT2D eigenvalue weighted by molar-refractivity contribution is -0.149. The van der Waals surface area contributed by atoms with Crippen LogP contribution in [0.25, 0.3) is 0 Å². The molecule has 1 aliphatic rings. The predicted octanol–water partition coefficient (Wildman–Crippen LogP) is 3.23. The summed E-state index contributed by atoms with van der Waals surface area (Å²) in [5, 5.41) is 0. The number of carbonyl (C=O) groups is 2. The van der Waals surface area contributed by atoms with Gasteiger partial charge >= 0.3 is 5.97 Å². The summed E-state index contributed by atoms with van der Waals surface area (Å²) in [5.74, 6) is -1.51. The third-order valence-electron chi connectivity index (χ3n) is 4.13. The third kappa shape index (κ3) is 3.45. The number of carbonyl (C=O) groups excluding carboxylic acids is 2. The molecule has 1 aliphatic heterocycles. The lowest BCUT2D eigenvalue weighted by Crippen LogP contribution is -2.26. The number of rotatable bonds is 4. The topological polar surface area (TPSA) is 46.6 Å². The first kappa shape index (κ1) is 16.2. The Morgan fingerprint density at radius 2 is 1.92 bits per heavy atom. The van der Waals surface area contributed by atoms with Crippen molar-refractivity contribution in [3.05, 3.63) is 65.5 Å². The first-order valence-corrected chi connectivity index (χ1v) is 7.81. The number of hydrogen-bond donors (Lipinski definition) is 0. The predicted molar refractivity (Wildman–Crippen MR) is 87.8 cm³/mol. The number of aryl methyl sites for hydroxylation is 1. The fraction of sp³-hybridized carbons (Fsp3) is 0.263. The largest absolute Gasteiger partial charge is 0.460 e. The third-order valence-corrected chi connectivity index (χ3v) is 4.13. The molecule has 5 heteroatoms. The Morgan fingerprint density at radius 3 is 2.62 bits per heavy atom. The van der Waals surface area contributed by atoms with Gasteiger partial charge in [0.1, 0.15) is 12.4 Å². The number of nitrogens with zero attached hydrogens (tertiary/aromatic N) is 1. The Balaban J connectivity index is 1.62. The van der Waals surface area contributed by atoms with Gasteiger partial charge in [0.15, 0.2) is 0 Å². The first-order valence-electron chi connectivity index (χ1n) is 7.81. The Labute approximate surface area is 139 Å². The van der Waals surface area contributed by atoms with E-state index < -0.39 is 17.7 Å². The first-order chi connectivity index (χ1) is 11.5. The van der Waals surface area contributed by atoms with Crippen LogP contribution in [0, 0.1) is 18.7 Å². The maximum Gasteiger partial charge on any atom is 0.311 e. The highest BCUT2D eigenvalue weighted by molar-refractivity contribution is 5.99. The second-order valence-electron chi connectivity index (χ2n) is 5.94. The number of anilines is 1. The van der Waals surface area contributed by atoms with Crippen LogP contribution in [0.4, 0.5) is 10.1 Å². The van der Waals surface area contributed by atoms with Crippen molar-refractivity contribution in [2.45, 2.75) is 20.0 Å². The van der Waals surface area contributed by atoms with Crippen LogP contribution in [0.1, 0.15) is 17.5 Å². The Kier molecular flexibility index (Phi) is 4.60. The van der Waals surface area contributed by atoms with Crippen molar-refractivity contribution in [1.29, 1.82) is 0 Å². The summed E-state index contributed by atoms with van der Waals surface area (Å²) in [6.45, 7) is 2.14. The molecule has 0 aromatic heterocycles. The lowest BCUT2D eigenvalue weighted by Gasteiger charge is -2.16. The van der Waals surface area contributed by atoms with E-state index in [0.717, 1.165) is 11.3 Å². The van der Waals surface area contributed by atoms with E-state index in [9.17, 15) is 14.0 Å². The van der Waals surface area contributed by atoms with Crippen molar-refractivity contribution >= 4 is 17.6 Å². The van der Waals surface area contributed by atoms with Crippen LogP contribution in [0.3, 0.4) is 0 Å². The van der Waals surface area contributed by atoms with Gasteiger partial charge in [0.25, 0.3) is 0 Å². The standard InChI is InChI=1S/C19H18FNO3/c1-13-6-8-16(9-7-13)21-11-15(10-18(21)22)19(23)24-12-14-4-2-3-5-17(14)20/h2-9,15H,10-12H2,1H3/t15-/m0/s1. The summed E-state index contributed by atoms with van der Waals surface area (Å²) in [4.78, 5) is 25.9. The van der Waals surface area contributed by atoms with Gasteiger partial charge in [0, 0.05) is 24.2 Å². The number of esters is 1. The molecule has 0 spiro atoms. The Bertz CT molecular complexity index is 757. The minimum absolute atomic E-state index is 0.105. The molecule has 0 N–H and O–H groups in total. The highest BCUT2D eigenvalue weighted by Gasteiger charge is 2.36. The van der Waals surface area contributed by atoms with E-state index in [1.807, 2.05) is 31.2 Å². The molecule has 2 aromatic carbocycles. The van der Waals surface area contributed by atoms with Gasteiger partial charge in [-0.15, -0.1) is 0 Å². The SMILES string of the molecule is Cc1ccc(N2C[C@@H](C(=O)OCc3ccccc3F)CC2=O)cc1. The smallest absolute Gasteiger partial charge is 0.311 e. The van der Waals surface area contributed by atoms with Crippen molar-refractivity contribution in [3.63, 3.8) is 0 Å². The molecule has 1 amide bonds. The summed E-state index contributed by atoms with van der Waals surface area (Å²) in [7, 11) is 0. The molecular formula is C19H18FNO3. The number of halogens is 1. The fourth-order valence-corrected chi connectivity index (χ4v) is 2.72.